The van der Waals surface area contributed by atoms with Gasteiger partial charge in [0.1, 0.15) is 0 Å². The SMILES string of the molecule is Cc1cc(C(=O)NC23CC4CC(CC(C4)C2)C3)c(C)s1. The lowest BCUT2D eigenvalue weighted by molar-refractivity contribution is -0.0167. The highest BCUT2D eigenvalue weighted by molar-refractivity contribution is 7.12. The van der Waals surface area contributed by atoms with Crippen LogP contribution in [0.3, 0.4) is 0 Å². The minimum absolute atomic E-state index is 0.133. The molecule has 0 radical (unpaired) electrons. The van der Waals surface area contributed by atoms with Crippen LogP contribution >= 0.6 is 11.3 Å². The minimum Gasteiger partial charge on any atom is -0.347 e. The van der Waals surface area contributed by atoms with Crippen molar-refractivity contribution in [2.45, 2.75) is 57.9 Å². The molecule has 4 bridgehead atoms. The molecule has 2 nitrogen and oxygen atoms in total. The Morgan fingerprint density at radius 1 is 1.15 bits per heavy atom. The lowest BCUT2D eigenvalue weighted by atomic mass is 9.53. The average Bonchev–Trinajstić information content (AvgIpc) is 2.66. The second kappa shape index (κ2) is 4.33. The van der Waals surface area contributed by atoms with Gasteiger partial charge >= 0.3 is 0 Å². The number of hydrogen-bond donors (Lipinski definition) is 1. The lowest BCUT2D eigenvalue weighted by Gasteiger charge is -2.56. The van der Waals surface area contributed by atoms with Crippen LogP contribution < -0.4 is 5.32 Å². The van der Waals surface area contributed by atoms with Gasteiger partial charge in [-0.1, -0.05) is 0 Å². The molecule has 1 amide bonds. The standard InChI is InChI=1S/C17H23NOS/c1-10-3-15(11(2)20-10)16(19)18-17-7-12-4-13(8-17)6-14(5-12)9-17/h3,12-14H,4-9H2,1-2H3,(H,18,19). The van der Waals surface area contributed by atoms with E-state index in [4.69, 9.17) is 0 Å². The van der Waals surface area contributed by atoms with Crippen molar-refractivity contribution in [3.8, 4) is 0 Å². The van der Waals surface area contributed by atoms with E-state index in [0.717, 1.165) is 28.2 Å². The molecule has 0 unspecified atom stereocenters. The van der Waals surface area contributed by atoms with Gasteiger partial charge in [0.2, 0.25) is 0 Å². The lowest BCUT2D eigenvalue weighted by Crippen LogP contribution is -2.59. The molecule has 0 saturated heterocycles. The summed E-state index contributed by atoms with van der Waals surface area (Å²) in [5.41, 5.74) is 1.04. The third-order valence-electron chi connectivity index (χ3n) is 5.70. The first kappa shape index (κ1) is 12.9. The maximum Gasteiger partial charge on any atom is 0.252 e. The van der Waals surface area contributed by atoms with Gasteiger partial charge in [0.15, 0.2) is 0 Å². The quantitative estimate of drug-likeness (QED) is 0.874. The minimum atomic E-state index is 0.133. The second-order valence-electron chi connectivity index (χ2n) is 7.48. The van der Waals surface area contributed by atoms with E-state index in [9.17, 15) is 4.79 Å². The monoisotopic (exact) mass is 289 g/mol. The van der Waals surface area contributed by atoms with Gasteiger partial charge in [-0.3, -0.25) is 4.79 Å². The van der Waals surface area contributed by atoms with Gasteiger partial charge in [0.05, 0.1) is 5.56 Å². The van der Waals surface area contributed by atoms with Crippen LogP contribution in [0.1, 0.15) is 58.6 Å². The molecule has 5 rings (SSSR count). The zero-order chi connectivity index (χ0) is 13.9. The normalized spacial score (nSPS) is 38.2. The van der Waals surface area contributed by atoms with Crippen LogP contribution in [0, 0.1) is 31.6 Å². The Balaban J connectivity index is 1.57. The molecule has 0 spiro atoms. The number of carbonyl (C=O) groups excluding carboxylic acids is 1. The zero-order valence-corrected chi connectivity index (χ0v) is 13.2. The van der Waals surface area contributed by atoms with Gasteiger partial charge in [0, 0.05) is 15.3 Å². The van der Waals surface area contributed by atoms with Crippen molar-refractivity contribution in [3.63, 3.8) is 0 Å². The summed E-state index contributed by atoms with van der Waals surface area (Å²) in [6, 6.07) is 2.05. The Bertz CT molecular complexity index is 524. The van der Waals surface area contributed by atoms with Crippen LogP contribution in [0.15, 0.2) is 6.07 Å². The number of aryl methyl sites for hydroxylation is 2. The molecule has 0 aromatic carbocycles. The molecular weight excluding hydrogens is 266 g/mol. The van der Waals surface area contributed by atoms with Gasteiger partial charge < -0.3 is 5.32 Å². The summed E-state index contributed by atoms with van der Waals surface area (Å²) >= 11 is 1.73. The predicted molar refractivity (Wildman–Crippen MR) is 82.2 cm³/mol. The van der Waals surface area contributed by atoms with Crippen molar-refractivity contribution >= 4 is 17.2 Å². The van der Waals surface area contributed by atoms with Gasteiger partial charge in [0.25, 0.3) is 5.91 Å². The molecule has 4 fully saturated rings. The fraction of sp³-hybridized carbons (Fsp3) is 0.706. The van der Waals surface area contributed by atoms with Crippen LogP contribution in [0.25, 0.3) is 0 Å². The van der Waals surface area contributed by atoms with Crippen LogP contribution in [-0.2, 0) is 0 Å². The molecule has 4 aliphatic carbocycles. The van der Waals surface area contributed by atoms with E-state index in [1.807, 2.05) is 0 Å². The van der Waals surface area contributed by atoms with Crippen molar-refractivity contribution in [1.82, 2.24) is 5.32 Å². The first-order valence-corrected chi connectivity index (χ1v) is 8.74. The van der Waals surface area contributed by atoms with Crippen molar-refractivity contribution < 1.29 is 4.79 Å². The van der Waals surface area contributed by atoms with E-state index in [1.54, 1.807) is 11.3 Å². The Morgan fingerprint density at radius 2 is 1.70 bits per heavy atom. The summed E-state index contributed by atoms with van der Waals surface area (Å²) in [5, 5.41) is 3.46. The van der Waals surface area contributed by atoms with E-state index in [2.05, 4.69) is 25.2 Å². The number of amides is 1. The zero-order valence-electron chi connectivity index (χ0n) is 12.4. The van der Waals surface area contributed by atoms with Crippen LogP contribution in [0.4, 0.5) is 0 Å². The number of rotatable bonds is 2. The van der Waals surface area contributed by atoms with E-state index < -0.39 is 0 Å². The van der Waals surface area contributed by atoms with Gasteiger partial charge in [-0.05, 0) is 76.2 Å². The number of carbonyl (C=O) groups is 1. The summed E-state index contributed by atoms with van der Waals surface area (Å²) in [7, 11) is 0. The van der Waals surface area contributed by atoms with E-state index in [1.165, 1.54) is 43.4 Å². The van der Waals surface area contributed by atoms with E-state index in [-0.39, 0.29) is 11.4 Å². The number of nitrogens with one attached hydrogen (secondary N) is 1. The first-order chi connectivity index (χ1) is 9.53. The molecule has 4 saturated carbocycles. The van der Waals surface area contributed by atoms with Crippen LogP contribution in [0.2, 0.25) is 0 Å². The smallest absolute Gasteiger partial charge is 0.252 e. The van der Waals surface area contributed by atoms with Crippen molar-refractivity contribution in [3.05, 3.63) is 21.4 Å². The molecule has 1 N–H and O–H groups in total. The summed E-state index contributed by atoms with van der Waals surface area (Å²) in [4.78, 5) is 15.1. The fourth-order valence-corrected chi connectivity index (χ4v) is 6.35. The highest BCUT2D eigenvalue weighted by atomic mass is 32.1. The van der Waals surface area contributed by atoms with E-state index in [0.29, 0.717) is 0 Å². The summed E-state index contributed by atoms with van der Waals surface area (Å²) < 4.78 is 0. The topological polar surface area (TPSA) is 29.1 Å². The third kappa shape index (κ3) is 2.02. The molecule has 1 aromatic heterocycles. The summed E-state index contributed by atoms with van der Waals surface area (Å²) in [6.45, 7) is 4.14. The average molecular weight is 289 g/mol. The molecule has 20 heavy (non-hydrogen) atoms. The first-order valence-electron chi connectivity index (χ1n) is 7.92. The molecule has 0 atom stereocenters. The molecule has 1 aromatic rings. The molecule has 4 aliphatic rings. The maximum absolute atomic E-state index is 12.7. The molecule has 108 valence electrons. The van der Waals surface area contributed by atoms with E-state index >= 15 is 0 Å². The Hall–Kier alpha value is -0.830. The molecule has 3 heteroatoms. The molecular formula is C17H23NOS. The Kier molecular flexibility index (Phi) is 2.79. The van der Waals surface area contributed by atoms with Crippen LogP contribution in [0.5, 0.6) is 0 Å². The Morgan fingerprint density at radius 3 is 2.15 bits per heavy atom. The largest absolute Gasteiger partial charge is 0.347 e. The second-order valence-corrected chi connectivity index (χ2v) is 8.94. The van der Waals surface area contributed by atoms with Crippen molar-refractivity contribution in [2.75, 3.05) is 0 Å². The third-order valence-corrected chi connectivity index (χ3v) is 6.67. The highest BCUT2D eigenvalue weighted by Crippen LogP contribution is 2.55. The van der Waals surface area contributed by atoms with Gasteiger partial charge in [-0.25, -0.2) is 0 Å². The Labute approximate surface area is 125 Å². The van der Waals surface area contributed by atoms with Gasteiger partial charge in [-0.15, -0.1) is 11.3 Å². The fourth-order valence-electron chi connectivity index (χ4n) is 5.43. The van der Waals surface area contributed by atoms with Crippen LogP contribution in [-0.4, -0.2) is 11.4 Å². The van der Waals surface area contributed by atoms with Gasteiger partial charge in [-0.2, -0.15) is 0 Å². The van der Waals surface area contributed by atoms with Crippen molar-refractivity contribution in [2.24, 2.45) is 17.8 Å². The molecule has 1 heterocycles. The summed E-state index contributed by atoms with van der Waals surface area (Å²) in [5.74, 6) is 2.82. The molecule has 0 aliphatic heterocycles. The number of thiophene rings is 1. The highest BCUT2D eigenvalue weighted by Gasteiger charge is 2.51. The maximum atomic E-state index is 12.7. The summed E-state index contributed by atoms with van der Waals surface area (Å²) in [6.07, 6.45) is 7.95. The predicted octanol–water partition coefficient (Wildman–Crippen LogP) is 4.06. The van der Waals surface area contributed by atoms with Crippen molar-refractivity contribution in [1.29, 1.82) is 0 Å². The number of hydrogen-bond acceptors (Lipinski definition) is 2.